The van der Waals surface area contributed by atoms with Crippen molar-refractivity contribution in [3.63, 3.8) is 0 Å². The van der Waals surface area contributed by atoms with Crippen molar-refractivity contribution >= 4 is 5.91 Å². The maximum atomic E-state index is 12.8. The highest BCUT2D eigenvalue weighted by atomic mass is 16.7. The van der Waals surface area contributed by atoms with E-state index in [0.29, 0.717) is 30.3 Å². The summed E-state index contributed by atoms with van der Waals surface area (Å²) in [6.07, 6.45) is 7.09. The number of hydrogen-bond donors (Lipinski definition) is 5. The van der Waals surface area contributed by atoms with Crippen molar-refractivity contribution in [1.29, 1.82) is 0 Å². The lowest BCUT2D eigenvalue weighted by molar-refractivity contribution is -0.126. The van der Waals surface area contributed by atoms with Crippen LogP contribution in [0.5, 0.6) is 0 Å². The van der Waals surface area contributed by atoms with E-state index in [-0.39, 0.29) is 37.1 Å². The molecule has 27 heavy (non-hydrogen) atoms. The molecule has 154 valence electrons. The Morgan fingerprint density at radius 1 is 1.26 bits per heavy atom. The molecule has 0 aromatic carbocycles. The second-order valence-corrected chi connectivity index (χ2v) is 8.75. The number of rotatable bonds is 5. The van der Waals surface area contributed by atoms with Crippen LogP contribution in [0, 0.1) is 17.8 Å². The van der Waals surface area contributed by atoms with E-state index in [0.717, 1.165) is 12.8 Å². The molecule has 4 aliphatic rings. The number of nitrogens with zero attached hydrogens (tertiary/aromatic N) is 1. The van der Waals surface area contributed by atoms with Gasteiger partial charge in [0.1, 0.15) is 12.3 Å². The van der Waals surface area contributed by atoms with Gasteiger partial charge in [-0.25, -0.2) is 0 Å². The van der Waals surface area contributed by atoms with Gasteiger partial charge in [0.15, 0.2) is 0 Å². The third-order valence-electron chi connectivity index (χ3n) is 7.33. The molecule has 7 unspecified atom stereocenters. The predicted molar refractivity (Wildman–Crippen MR) is 101 cm³/mol. The van der Waals surface area contributed by atoms with Gasteiger partial charge in [-0.05, 0) is 63.3 Å². The Bertz CT molecular complexity index is 535. The number of aliphatic hydroxyl groups excluding tert-OH is 1. The van der Waals surface area contributed by atoms with Crippen molar-refractivity contribution < 1.29 is 14.7 Å². The first-order valence-corrected chi connectivity index (χ1v) is 10.6. The smallest absolute Gasteiger partial charge is 0.238 e. The minimum atomic E-state index is -0.187. The monoisotopic (exact) mass is 381 g/mol. The first kappa shape index (κ1) is 19.5. The number of carbonyl (C=O) groups is 1. The summed E-state index contributed by atoms with van der Waals surface area (Å²) in [4.78, 5) is 20.3. The number of amides is 1. The van der Waals surface area contributed by atoms with E-state index in [1.807, 2.05) is 11.9 Å². The lowest BCUT2D eigenvalue weighted by Crippen LogP contribution is -2.51. The molecular formula is C19H35N5O3. The van der Waals surface area contributed by atoms with E-state index in [4.69, 9.17) is 4.84 Å². The molecule has 4 rings (SSSR count). The van der Waals surface area contributed by atoms with Crippen LogP contribution in [0.3, 0.4) is 0 Å². The van der Waals surface area contributed by atoms with Crippen LogP contribution >= 0.6 is 0 Å². The minimum absolute atomic E-state index is 0.0294. The first-order chi connectivity index (χ1) is 13.1. The molecule has 2 saturated heterocycles. The Kier molecular flexibility index (Phi) is 6.01. The maximum absolute atomic E-state index is 12.8. The summed E-state index contributed by atoms with van der Waals surface area (Å²) in [6.45, 7) is 2.76. The number of carbonyl (C=O) groups excluding carboxylic acids is 1. The zero-order valence-corrected chi connectivity index (χ0v) is 16.5. The topological polar surface area (TPSA) is 97.9 Å². The van der Waals surface area contributed by atoms with Gasteiger partial charge in [-0.3, -0.25) is 25.2 Å². The van der Waals surface area contributed by atoms with Crippen LogP contribution in [-0.4, -0.2) is 66.8 Å². The molecule has 4 fully saturated rings. The average Bonchev–Trinajstić information content (AvgIpc) is 3.39. The molecule has 2 saturated carbocycles. The summed E-state index contributed by atoms with van der Waals surface area (Å²) >= 11 is 0. The second kappa shape index (κ2) is 8.31. The molecule has 0 radical (unpaired) electrons. The van der Waals surface area contributed by atoms with Gasteiger partial charge in [-0.2, -0.15) is 5.48 Å². The lowest BCUT2D eigenvalue weighted by Gasteiger charge is -2.37. The van der Waals surface area contributed by atoms with Gasteiger partial charge in [-0.15, -0.1) is 0 Å². The van der Waals surface area contributed by atoms with Gasteiger partial charge < -0.3 is 10.4 Å². The summed E-state index contributed by atoms with van der Waals surface area (Å²) < 4.78 is 0. The number of hydroxylamine groups is 1. The largest absolute Gasteiger partial charge is 0.393 e. The minimum Gasteiger partial charge on any atom is -0.393 e. The molecular weight excluding hydrogens is 346 g/mol. The highest BCUT2D eigenvalue weighted by Crippen LogP contribution is 2.45. The van der Waals surface area contributed by atoms with Crippen molar-refractivity contribution in [2.75, 3.05) is 20.2 Å². The maximum Gasteiger partial charge on any atom is 0.238 e. The van der Waals surface area contributed by atoms with Crippen molar-refractivity contribution in [2.45, 2.75) is 76.1 Å². The number of aliphatic hydroxyl groups is 1. The first-order valence-electron chi connectivity index (χ1n) is 10.6. The molecule has 2 heterocycles. The van der Waals surface area contributed by atoms with E-state index in [2.05, 4.69) is 28.4 Å². The number of fused-ring (bicyclic) bond motifs is 1. The van der Waals surface area contributed by atoms with Gasteiger partial charge >= 0.3 is 0 Å². The van der Waals surface area contributed by atoms with Crippen molar-refractivity contribution in [1.82, 2.24) is 26.3 Å². The van der Waals surface area contributed by atoms with Gasteiger partial charge in [0.05, 0.1) is 18.9 Å². The van der Waals surface area contributed by atoms with Crippen LogP contribution < -0.4 is 21.4 Å². The molecule has 8 nitrogen and oxygen atoms in total. The normalized spacial score (nSPS) is 45.1. The highest BCUT2D eigenvalue weighted by molar-refractivity contribution is 5.82. The Balaban J connectivity index is 1.29. The standard InChI is InChI=1S/C19H35N5O3/c1-3-17-22-18(23-27-17)12-4-6-13-11(8-12)5-7-14(13)21-19(26)15-9-20-16(10-25)24(15)2/h11-18,20,22-23,25H,3-10H2,1-2H3,(H,21,26)/t11?,12?,13?,14-,15?,16?,17?,18?/m1/s1. The molecule has 0 spiro atoms. The van der Waals surface area contributed by atoms with Gasteiger partial charge in [0.25, 0.3) is 0 Å². The average molecular weight is 382 g/mol. The molecule has 0 aromatic rings. The van der Waals surface area contributed by atoms with E-state index >= 15 is 0 Å². The van der Waals surface area contributed by atoms with Gasteiger partial charge in [0.2, 0.25) is 5.91 Å². The van der Waals surface area contributed by atoms with Crippen LogP contribution in [0.2, 0.25) is 0 Å². The van der Waals surface area contributed by atoms with Crippen molar-refractivity contribution in [2.24, 2.45) is 17.8 Å². The SMILES string of the molecule is CCC1NC(C2CCC3C(CC[C@H]3NC(=O)C3CNC(CO)N3C)C2)NO1. The zero-order valence-electron chi connectivity index (χ0n) is 16.5. The Morgan fingerprint density at radius 3 is 2.78 bits per heavy atom. The predicted octanol–water partition coefficient (Wildman–Crippen LogP) is -0.294. The summed E-state index contributed by atoms with van der Waals surface area (Å²) in [5.74, 6) is 2.01. The fourth-order valence-corrected chi connectivity index (χ4v) is 5.64. The molecule has 8 heteroatoms. The van der Waals surface area contributed by atoms with Crippen molar-refractivity contribution in [3.8, 4) is 0 Å². The number of hydrogen-bond acceptors (Lipinski definition) is 7. The molecule has 2 aliphatic carbocycles. The lowest BCUT2D eigenvalue weighted by atomic mass is 9.73. The molecule has 8 atom stereocenters. The fraction of sp³-hybridized carbons (Fsp3) is 0.947. The third-order valence-corrected chi connectivity index (χ3v) is 7.33. The highest BCUT2D eigenvalue weighted by Gasteiger charge is 2.45. The number of nitrogens with one attached hydrogen (secondary N) is 4. The van der Waals surface area contributed by atoms with E-state index in [1.165, 1.54) is 25.7 Å². The molecule has 2 aliphatic heterocycles. The summed E-state index contributed by atoms with van der Waals surface area (Å²) in [6, 6.07) is 0.113. The third kappa shape index (κ3) is 3.88. The van der Waals surface area contributed by atoms with Crippen LogP contribution in [0.15, 0.2) is 0 Å². The zero-order chi connectivity index (χ0) is 19.0. The quantitative estimate of drug-likeness (QED) is 0.446. The molecule has 0 bridgehead atoms. The Hall–Kier alpha value is -0.770. The molecule has 0 aromatic heterocycles. The van der Waals surface area contributed by atoms with Crippen LogP contribution in [0.4, 0.5) is 0 Å². The summed E-state index contributed by atoms with van der Waals surface area (Å²) in [7, 11) is 1.90. The van der Waals surface area contributed by atoms with E-state index in [9.17, 15) is 9.90 Å². The molecule has 5 N–H and O–H groups in total. The number of likely N-dealkylation sites (N-methyl/N-ethyl adjacent to an activating group) is 1. The second-order valence-electron chi connectivity index (χ2n) is 8.75. The van der Waals surface area contributed by atoms with E-state index in [1.54, 1.807) is 0 Å². The van der Waals surface area contributed by atoms with Gasteiger partial charge in [-0.1, -0.05) is 6.92 Å². The fourth-order valence-electron chi connectivity index (χ4n) is 5.64. The van der Waals surface area contributed by atoms with Crippen molar-refractivity contribution in [3.05, 3.63) is 0 Å². The summed E-state index contributed by atoms with van der Waals surface area (Å²) in [5.41, 5.74) is 3.19. The van der Waals surface area contributed by atoms with E-state index < -0.39 is 0 Å². The Morgan fingerprint density at radius 2 is 2.07 bits per heavy atom. The van der Waals surface area contributed by atoms with Crippen LogP contribution in [0.1, 0.15) is 45.4 Å². The Labute approximate surface area is 161 Å². The van der Waals surface area contributed by atoms with Gasteiger partial charge in [0, 0.05) is 12.6 Å². The van der Waals surface area contributed by atoms with Crippen LogP contribution in [-0.2, 0) is 9.63 Å². The molecule has 1 amide bonds. The summed E-state index contributed by atoms with van der Waals surface area (Å²) in [5, 5.41) is 19.5. The van der Waals surface area contributed by atoms with Crippen LogP contribution in [0.25, 0.3) is 0 Å².